The van der Waals surface area contributed by atoms with E-state index in [9.17, 15) is 0 Å². The fourth-order valence-corrected chi connectivity index (χ4v) is 2.56. The van der Waals surface area contributed by atoms with Crippen molar-refractivity contribution in [3.8, 4) is 0 Å². The van der Waals surface area contributed by atoms with Gasteiger partial charge in [0.05, 0.1) is 12.1 Å². The van der Waals surface area contributed by atoms with E-state index < -0.39 is 0 Å². The molecule has 6 heteroatoms. The van der Waals surface area contributed by atoms with Gasteiger partial charge < -0.3 is 5.32 Å². The summed E-state index contributed by atoms with van der Waals surface area (Å²) in [5, 5.41) is 19.5. The van der Waals surface area contributed by atoms with Gasteiger partial charge in [-0.1, -0.05) is 6.92 Å². The largest absolute Gasteiger partial charge is 0.308 e. The molecule has 0 aromatic carbocycles. The summed E-state index contributed by atoms with van der Waals surface area (Å²) in [7, 11) is 0. The molecule has 0 bridgehead atoms. The summed E-state index contributed by atoms with van der Waals surface area (Å²) in [5.41, 5.74) is 1.24. The quantitative estimate of drug-likeness (QED) is 0.883. The van der Waals surface area contributed by atoms with E-state index in [0.717, 1.165) is 12.4 Å². The SMILES string of the molecule is CCNC(C)c1nnnn1C(C)c1ccsc1. The monoisotopic (exact) mass is 251 g/mol. The van der Waals surface area contributed by atoms with E-state index in [1.165, 1.54) is 5.56 Å². The minimum absolute atomic E-state index is 0.163. The molecule has 2 heterocycles. The van der Waals surface area contributed by atoms with Crippen LogP contribution in [0.25, 0.3) is 0 Å². The zero-order valence-corrected chi connectivity index (χ0v) is 11.1. The molecule has 2 aromatic heterocycles. The molecule has 2 aromatic rings. The Morgan fingerprint density at radius 2 is 2.29 bits per heavy atom. The molecule has 5 nitrogen and oxygen atoms in total. The van der Waals surface area contributed by atoms with E-state index in [2.05, 4.69) is 58.4 Å². The van der Waals surface area contributed by atoms with Crippen LogP contribution in [0.15, 0.2) is 16.8 Å². The molecule has 92 valence electrons. The molecule has 2 rings (SSSR count). The number of tetrazole rings is 1. The summed E-state index contributed by atoms with van der Waals surface area (Å²) in [5.74, 6) is 0.880. The van der Waals surface area contributed by atoms with Crippen molar-refractivity contribution in [1.29, 1.82) is 0 Å². The molecule has 2 unspecified atom stereocenters. The van der Waals surface area contributed by atoms with E-state index in [1.54, 1.807) is 11.3 Å². The van der Waals surface area contributed by atoms with E-state index in [4.69, 9.17) is 0 Å². The van der Waals surface area contributed by atoms with Crippen molar-refractivity contribution in [2.24, 2.45) is 0 Å². The number of nitrogens with one attached hydrogen (secondary N) is 1. The molecule has 1 N–H and O–H groups in total. The Labute approximate surface area is 105 Å². The smallest absolute Gasteiger partial charge is 0.168 e. The third kappa shape index (κ3) is 2.53. The van der Waals surface area contributed by atoms with Crippen molar-refractivity contribution in [3.63, 3.8) is 0 Å². The molecule has 2 atom stereocenters. The Balaban J connectivity index is 2.24. The highest BCUT2D eigenvalue weighted by atomic mass is 32.1. The summed E-state index contributed by atoms with van der Waals surface area (Å²) in [6.45, 7) is 7.17. The van der Waals surface area contributed by atoms with Gasteiger partial charge in [0.2, 0.25) is 0 Å². The van der Waals surface area contributed by atoms with Crippen LogP contribution in [-0.4, -0.2) is 26.8 Å². The molecule has 17 heavy (non-hydrogen) atoms. The number of hydrogen-bond donors (Lipinski definition) is 1. The van der Waals surface area contributed by atoms with Crippen molar-refractivity contribution < 1.29 is 0 Å². The van der Waals surface area contributed by atoms with E-state index in [-0.39, 0.29) is 12.1 Å². The highest BCUT2D eigenvalue weighted by Gasteiger charge is 2.18. The lowest BCUT2D eigenvalue weighted by Gasteiger charge is -2.16. The Kier molecular flexibility index (Phi) is 3.86. The molecule has 0 aliphatic heterocycles. The van der Waals surface area contributed by atoms with Crippen LogP contribution in [-0.2, 0) is 0 Å². The van der Waals surface area contributed by atoms with Gasteiger partial charge in [0.15, 0.2) is 5.82 Å². The van der Waals surface area contributed by atoms with Crippen LogP contribution in [0.5, 0.6) is 0 Å². The van der Waals surface area contributed by atoms with E-state index in [1.807, 2.05) is 4.68 Å². The predicted octanol–water partition coefficient (Wildman–Crippen LogP) is 2.01. The summed E-state index contributed by atoms with van der Waals surface area (Å²) >= 11 is 1.69. The summed E-state index contributed by atoms with van der Waals surface area (Å²) < 4.78 is 1.88. The van der Waals surface area contributed by atoms with Crippen molar-refractivity contribution in [2.45, 2.75) is 32.9 Å². The first-order valence-electron chi connectivity index (χ1n) is 5.77. The second-order valence-electron chi connectivity index (χ2n) is 3.99. The lowest BCUT2D eigenvalue weighted by atomic mass is 10.2. The molecule has 0 radical (unpaired) electrons. The highest BCUT2D eigenvalue weighted by molar-refractivity contribution is 7.07. The lowest BCUT2D eigenvalue weighted by molar-refractivity contribution is 0.471. The topological polar surface area (TPSA) is 55.6 Å². The third-order valence-corrected chi connectivity index (χ3v) is 3.51. The Morgan fingerprint density at radius 3 is 2.94 bits per heavy atom. The van der Waals surface area contributed by atoms with Crippen LogP contribution < -0.4 is 5.32 Å². The standard InChI is InChI=1S/C11H17N5S/c1-4-12-8(2)11-13-14-15-16(11)9(3)10-5-6-17-7-10/h5-9,12H,4H2,1-3H3. The summed E-state index contributed by atoms with van der Waals surface area (Å²) in [6, 6.07) is 2.45. The number of nitrogens with zero attached hydrogens (tertiary/aromatic N) is 4. The van der Waals surface area contributed by atoms with Crippen LogP contribution in [0.4, 0.5) is 0 Å². The molecule has 0 saturated carbocycles. The highest BCUT2D eigenvalue weighted by Crippen LogP contribution is 2.22. The van der Waals surface area contributed by atoms with Gasteiger partial charge >= 0.3 is 0 Å². The van der Waals surface area contributed by atoms with Crippen molar-refractivity contribution >= 4 is 11.3 Å². The molecule has 0 spiro atoms. The van der Waals surface area contributed by atoms with Crippen LogP contribution in [0.2, 0.25) is 0 Å². The summed E-state index contributed by atoms with van der Waals surface area (Å²) in [4.78, 5) is 0. The normalized spacial score (nSPS) is 14.8. The molecular formula is C11H17N5S. The first kappa shape index (κ1) is 12.2. The first-order chi connectivity index (χ1) is 8.24. The van der Waals surface area contributed by atoms with Crippen molar-refractivity contribution in [3.05, 3.63) is 28.2 Å². The minimum Gasteiger partial charge on any atom is -0.308 e. The van der Waals surface area contributed by atoms with Crippen LogP contribution >= 0.6 is 11.3 Å². The minimum atomic E-state index is 0.163. The molecule has 0 saturated heterocycles. The maximum Gasteiger partial charge on any atom is 0.168 e. The average molecular weight is 251 g/mol. The van der Waals surface area contributed by atoms with Gasteiger partial charge in [0.1, 0.15) is 0 Å². The van der Waals surface area contributed by atoms with Gasteiger partial charge in [-0.3, -0.25) is 0 Å². The van der Waals surface area contributed by atoms with Crippen molar-refractivity contribution in [2.75, 3.05) is 6.54 Å². The molecule has 0 aliphatic rings. The molecule has 0 fully saturated rings. The number of aromatic nitrogens is 4. The van der Waals surface area contributed by atoms with Crippen LogP contribution in [0.3, 0.4) is 0 Å². The molecule has 0 aliphatic carbocycles. The average Bonchev–Trinajstić information content (AvgIpc) is 3.00. The second kappa shape index (κ2) is 5.37. The van der Waals surface area contributed by atoms with Gasteiger partial charge in [-0.05, 0) is 53.2 Å². The Morgan fingerprint density at radius 1 is 1.47 bits per heavy atom. The maximum absolute atomic E-state index is 4.11. The zero-order valence-electron chi connectivity index (χ0n) is 10.3. The molecular weight excluding hydrogens is 234 g/mol. The van der Waals surface area contributed by atoms with Gasteiger partial charge in [-0.2, -0.15) is 11.3 Å². The number of thiophene rings is 1. The van der Waals surface area contributed by atoms with Gasteiger partial charge in [0, 0.05) is 0 Å². The van der Waals surface area contributed by atoms with E-state index in [0.29, 0.717) is 0 Å². The number of rotatable bonds is 5. The third-order valence-electron chi connectivity index (χ3n) is 2.81. The fourth-order valence-electron chi connectivity index (χ4n) is 1.81. The number of hydrogen-bond acceptors (Lipinski definition) is 5. The van der Waals surface area contributed by atoms with Crippen molar-refractivity contribution in [1.82, 2.24) is 25.5 Å². The Bertz CT molecular complexity index is 450. The van der Waals surface area contributed by atoms with E-state index >= 15 is 0 Å². The Hall–Kier alpha value is -1.27. The van der Waals surface area contributed by atoms with Crippen LogP contribution in [0, 0.1) is 0 Å². The lowest BCUT2D eigenvalue weighted by Crippen LogP contribution is -2.23. The van der Waals surface area contributed by atoms with Gasteiger partial charge in [-0.25, -0.2) is 4.68 Å². The second-order valence-corrected chi connectivity index (χ2v) is 4.77. The van der Waals surface area contributed by atoms with Gasteiger partial charge in [-0.15, -0.1) is 5.10 Å². The zero-order chi connectivity index (χ0) is 12.3. The first-order valence-corrected chi connectivity index (χ1v) is 6.71. The maximum atomic E-state index is 4.11. The predicted molar refractivity (Wildman–Crippen MR) is 68.0 cm³/mol. The van der Waals surface area contributed by atoms with Crippen LogP contribution in [0.1, 0.15) is 44.2 Å². The molecule has 0 amide bonds. The fraction of sp³-hybridized carbons (Fsp3) is 0.545. The van der Waals surface area contributed by atoms with Gasteiger partial charge in [0.25, 0.3) is 0 Å². The summed E-state index contributed by atoms with van der Waals surface area (Å²) in [6.07, 6.45) is 0.